The fraction of sp³-hybridized carbons (Fsp3) is 0.545. The second-order valence-corrected chi connectivity index (χ2v) is 8.39. The van der Waals surface area contributed by atoms with E-state index in [9.17, 15) is 13.2 Å². The van der Waals surface area contributed by atoms with Crippen LogP contribution in [-0.4, -0.2) is 44.3 Å². The van der Waals surface area contributed by atoms with Gasteiger partial charge in [-0.05, 0) is 38.1 Å². The van der Waals surface area contributed by atoms with Crippen LogP contribution in [0, 0.1) is 0 Å². The number of sulfonamides is 1. The number of rotatable bonds is 5. The first-order valence-corrected chi connectivity index (χ1v) is 8.81. The maximum Gasteiger partial charge on any atom is 0.253 e. The Balaban J connectivity index is 2.31. The highest BCUT2D eigenvalue weighted by atomic mass is 35.5. The summed E-state index contributed by atoms with van der Waals surface area (Å²) in [5.41, 5.74) is 5.20. The molecule has 0 spiro atoms. The summed E-state index contributed by atoms with van der Waals surface area (Å²) < 4.78 is 27.0. The van der Waals surface area contributed by atoms with Gasteiger partial charge in [-0.3, -0.25) is 4.79 Å². The minimum Gasteiger partial charge on any atom is -0.369 e. The van der Waals surface area contributed by atoms with Gasteiger partial charge in [0.1, 0.15) is 4.21 Å². The fourth-order valence-corrected chi connectivity index (χ4v) is 5.47. The van der Waals surface area contributed by atoms with E-state index in [0.717, 1.165) is 24.4 Å². The molecule has 2 rings (SSSR count). The van der Waals surface area contributed by atoms with Crippen molar-refractivity contribution >= 4 is 38.9 Å². The van der Waals surface area contributed by atoms with Crippen molar-refractivity contribution in [2.45, 2.75) is 23.1 Å². The molecule has 0 saturated carbocycles. The van der Waals surface area contributed by atoms with Gasteiger partial charge in [0, 0.05) is 6.04 Å². The van der Waals surface area contributed by atoms with E-state index in [1.54, 1.807) is 0 Å². The van der Waals surface area contributed by atoms with Gasteiger partial charge >= 0.3 is 0 Å². The SMILES string of the molecule is NC(=O)CN(C1CCNCC1)S(=O)(=O)c1ccc(Cl)s1. The van der Waals surface area contributed by atoms with Gasteiger partial charge in [0.15, 0.2) is 0 Å². The molecule has 0 atom stereocenters. The zero-order valence-electron chi connectivity index (χ0n) is 10.7. The van der Waals surface area contributed by atoms with Gasteiger partial charge in [-0.2, -0.15) is 4.31 Å². The van der Waals surface area contributed by atoms with E-state index in [-0.39, 0.29) is 16.8 Å². The quantitative estimate of drug-likeness (QED) is 0.824. The van der Waals surface area contributed by atoms with Crippen LogP contribution in [0.15, 0.2) is 16.3 Å². The summed E-state index contributed by atoms with van der Waals surface area (Å²) >= 11 is 6.78. The molecule has 1 aromatic rings. The Morgan fingerprint density at radius 1 is 1.45 bits per heavy atom. The first-order chi connectivity index (χ1) is 9.41. The van der Waals surface area contributed by atoms with Crippen LogP contribution in [-0.2, 0) is 14.8 Å². The number of thiophene rings is 1. The Labute approximate surface area is 126 Å². The first-order valence-electron chi connectivity index (χ1n) is 6.17. The van der Waals surface area contributed by atoms with Crippen molar-refractivity contribution in [1.82, 2.24) is 9.62 Å². The second kappa shape index (κ2) is 6.40. The van der Waals surface area contributed by atoms with Crippen LogP contribution >= 0.6 is 22.9 Å². The standard InChI is InChI=1S/C11H16ClN3O3S2/c12-9-1-2-11(19-9)20(17,18)15(7-10(13)16)8-3-5-14-6-4-8/h1-2,8,14H,3-7H2,(H2,13,16). The van der Waals surface area contributed by atoms with E-state index in [1.807, 2.05) is 0 Å². The predicted molar refractivity (Wildman–Crippen MR) is 78.3 cm³/mol. The molecule has 0 bridgehead atoms. The number of primary amides is 1. The van der Waals surface area contributed by atoms with Crippen molar-refractivity contribution in [2.24, 2.45) is 5.73 Å². The average molecular weight is 338 g/mol. The third kappa shape index (κ3) is 3.50. The number of piperidine rings is 1. The summed E-state index contributed by atoms with van der Waals surface area (Å²) in [5, 5.41) is 3.16. The molecule has 0 aliphatic carbocycles. The van der Waals surface area contributed by atoms with E-state index in [2.05, 4.69) is 5.32 Å². The number of carbonyl (C=O) groups excluding carboxylic acids is 1. The number of nitrogens with zero attached hydrogens (tertiary/aromatic N) is 1. The van der Waals surface area contributed by atoms with Gasteiger partial charge in [-0.25, -0.2) is 8.42 Å². The summed E-state index contributed by atoms with van der Waals surface area (Å²) in [6.07, 6.45) is 1.32. The Hall–Kier alpha value is -0.670. The van der Waals surface area contributed by atoms with Crippen molar-refractivity contribution in [1.29, 1.82) is 0 Å². The van der Waals surface area contributed by atoms with Crippen LogP contribution in [0.5, 0.6) is 0 Å². The lowest BCUT2D eigenvalue weighted by molar-refractivity contribution is -0.118. The lowest BCUT2D eigenvalue weighted by Gasteiger charge is -2.32. The lowest BCUT2D eigenvalue weighted by atomic mass is 10.1. The van der Waals surface area contributed by atoms with Gasteiger partial charge in [0.2, 0.25) is 5.91 Å². The minimum absolute atomic E-state index is 0.141. The highest BCUT2D eigenvalue weighted by Crippen LogP contribution is 2.30. The number of hydrogen-bond acceptors (Lipinski definition) is 5. The Morgan fingerprint density at radius 2 is 2.10 bits per heavy atom. The molecule has 0 radical (unpaired) electrons. The number of nitrogens with one attached hydrogen (secondary N) is 1. The minimum atomic E-state index is -3.74. The van der Waals surface area contributed by atoms with Crippen LogP contribution in [0.4, 0.5) is 0 Å². The molecule has 20 heavy (non-hydrogen) atoms. The van der Waals surface area contributed by atoms with Gasteiger partial charge in [0.05, 0.1) is 10.9 Å². The monoisotopic (exact) mass is 337 g/mol. The van der Waals surface area contributed by atoms with Crippen LogP contribution < -0.4 is 11.1 Å². The van der Waals surface area contributed by atoms with E-state index in [1.165, 1.54) is 16.4 Å². The molecule has 1 aliphatic heterocycles. The normalized spacial score (nSPS) is 17.5. The van der Waals surface area contributed by atoms with Crippen molar-refractivity contribution in [3.8, 4) is 0 Å². The van der Waals surface area contributed by atoms with E-state index in [4.69, 9.17) is 17.3 Å². The van der Waals surface area contributed by atoms with Crippen LogP contribution in [0.1, 0.15) is 12.8 Å². The zero-order chi connectivity index (χ0) is 14.8. The number of amides is 1. The Kier molecular flexibility index (Phi) is 5.03. The lowest BCUT2D eigenvalue weighted by Crippen LogP contribution is -2.49. The average Bonchev–Trinajstić information content (AvgIpc) is 2.84. The second-order valence-electron chi connectivity index (χ2n) is 4.56. The summed E-state index contributed by atoms with van der Waals surface area (Å²) in [7, 11) is -3.74. The van der Waals surface area contributed by atoms with E-state index < -0.39 is 15.9 Å². The highest BCUT2D eigenvalue weighted by molar-refractivity contribution is 7.91. The molecule has 1 fully saturated rings. The largest absolute Gasteiger partial charge is 0.369 e. The Bertz CT molecular complexity index is 581. The molecule has 6 nitrogen and oxygen atoms in total. The predicted octanol–water partition coefficient (Wildman–Crippen LogP) is 0.629. The molecule has 3 N–H and O–H groups in total. The van der Waals surface area contributed by atoms with Crippen LogP contribution in [0.2, 0.25) is 4.34 Å². The smallest absolute Gasteiger partial charge is 0.253 e. The van der Waals surface area contributed by atoms with Crippen molar-refractivity contribution < 1.29 is 13.2 Å². The van der Waals surface area contributed by atoms with Crippen molar-refractivity contribution in [3.05, 3.63) is 16.5 Å². The molecular formula is C11H16ClN3O3S2. The molecule has 112 valence electrons. The molecule has 1 aliphatic rings. The Morgan fingerprint density at radius 3 is 2.60 bits per heavy atom. The van der Waals surface area contributed by atoms with Crippen LogP contribution in [0.3, 0.4) is 0 Å². The maximum absolute atomic E-state index is 12.6. The molecular weight excluding hydrogens is 322 g/mol. The third-order valence-corrected chi connectivity index (χ3v) is 6.74. The van der Waals surface area contributed by atoms with Crippen molar-refractivity contribution in [2.75, 3.05) is 19.6 Å². The highest BCUT2D eigenvalue weighted by Gasteiger charge is 2.34. The molecule has 1 aromatic heterocycles. The molecule has 9 heteroatoms. The molecule has 1 amide bonds. The number of hydrogen-bond donors (Lipinski definition) is 2. The fourth-order valence-electron chi connectivity index (χ4n) is 2.21. The van der Waals surface area contributed by atoms with Gasteiger partial charge in [-0.1, -0.05) is 11.6 Å². The van der Waals surface area contributed by atoms with Crippen molar-refractivity contribution in [3.63, 3.8) is 0 Å². The summed E-state index contributed by atoms with van der Waals surface area (Å²) in [6.45, 7) is 1.14. The maximum atomic E-state index is 12.6. The topological polar surface area (TPSA) is 92.5 Å². The molecule has 0 unspecified atom stereocenters. The van der Waals surface area contributed by atoms with Gasteiger partial charge < -0.3 is 11.1 Å². The first kappa shape index (κ1) is 15.7. The summed E-state index contributed by atoms with van der Waals surface area (Å²) in [5.74, 6) is -0.658. The molecule has 1 saturated heterocycles. The molecule has 0 aromatic carbocycles. The third-order valence-electron chi connectivity index (χ3n) is 3.14. The molecule has 2 heterocycles. The van der Waals surface area contributed by atoms with Gasteiger partial charge in [0.25, 0.3) is 10.0 Å². The number of halogens is 1. The zero-order valence-corrected chi connectivity index (χ0v) is 13.1. The number of carbonyl (C=O) groups is 1. The number of nitrogens with two attached hydrogens (primary N) is 1. The van der Waals surface area contributed by atoms with Gasteiger partial charge in [-0.15, -0.1) is 11.3 Å². The van der Waals surface area contributed by atoms with Crippen LogP contribution in [0.25, 0.3) is 0 Å². The summed E-state index contributed by atoms with van der Waals surface area (Å²) in [4.78, 5) is 11.2. The van der Waals surface area contributed by atoms with E-state index >= 15 is 0 Å². The summed E-state index contributed by atoms with van der Waals surface area (Å²) in [6, 6.07) is 2.77. The van der Waals surface area contributed by atoms with E-state index in [0.29, 0.717) is 17.2 Å².